The minimum atomic E-state index is -0.649. The molecule has 0 aliphatic heterocycles. The predicted octanol–water partition coefficient (Wildman–Crippen LogP) is 2.84. The zero-order valence-electron chi connectivity index (χ0n) is 10.3. The van der Waals surface area contributed by atoms with Crippen molar-refractivity contribution < 1.29 is 9.31 Å². The van der Waals surface area contributed by atoms with Crippen LogP contribution >= 0.6 is 0 Å². The minimum Gasteiger partial charge on any atom is -0.258 e. The molecule has 0 bridgehead atoms. The van der Waals surface area contributed by atoms with Crippen LogP contribution in [0.25, 0.3) is 5.69 Å². The Morgan fingerprint density at radius 1 is 1.28 bits per heavy atom. The molecule has 6 heteroatoms. The predicted molar refractivity (Wildman–Crippen MR) is 64.4 cm³/mol. The molecule has 0 saturated heterocycles. The number of hydrogen-bond donors (Lipinski definition) is 0. The molecule has 0 N–H and O–H groups in total. The lowest BCUT2D eigenvalue weighted by Crippen LogP contribution is -2.01. The van der Waals surface area contributed by atoms with E-state index in [1.54, 1.807) is 0 Å². The molecule has 2 rings (SSSR count). The van der Waals surface area contributed by atoms with E-state index in [0.717, 1.165) is 23.0 Å². The number of halogens is 1. The molecule has 1 heterocycles. The number of nitrogens with zero attached hydrogens (tertiary/aromatic N) is 3. The zero-order chi connectivity index (χ0) is 13.4. The summed E-state index contributed by atoms with van der Waals surface area (Å²) in [7, 11) is 0. The van der Waals surface area contributed by atoms with Gasteiger partial charge in [-0.2, -0.15) is 5.10 Å². The minimum absolute atomic E-state index is 0.282. The van der Waals surface area contributed by atoms with Gasteiger partial charge in [0.1, 0.15) is 5.82 Å². The van der Waals surface area contributed by atoms with E-state index in [0.29, 0.717) is 5.69 Å². The van der Waals surface area contributed by atoms with Crippen molar-refractivity contribution in [3.8, 4) is 5.69 Å². The standard InChI is InChI=1S/C12H12FN3O2/c1-7-8(2)14-15(9(7)3)11-4-10(13)5-12(6-11)16(17)18/h4-6H,1-3H3. The molecule has 0 saturated carbocycles. The van der Waals surface area contributed by atoms with Crippen molar-refractivity contribution in [1.29, 1.82) is 0 Å². The second-order valence-corrected chi connectivity index (χ2v) is 4.13. The summed E-state index contributed by atoms with van der Waals surface area (Å²) in [6.07, 6.45) is 0. The third kappa shape index (κ3) is 1.97. The van der Waals surface area contributed by atoms with E-state index in [9.17, 15) is 14.5 Å². The number of benzene rings is 1. The molecule has 94 valence electrons. The van der Waals surface area contributed by atoms with Crippen molar-refractivity contribution in [2.24, 2.45) is 0 Å². The molecule has 2 aromatic rings. The molecule has 0 radical (unpaired) electrons. The van der Waals surface area contributed by atoms with E-state index in [2.05, 4.69) is 5.10 Å². The van der Waals surface area contributed by atoms with Crippen LogP contribution in [0.2, 0.25) is 0 Å². The van der Waals surface area contributed by atoms with Crippen LogP contribution in [0.4, 0.5) is 10.1 Å². The quantitative estimate of drug-likeness (QED) is 0.607. The molecule has 1 aromatic carbocycles. The van der Waals surface area contributed by atoms with Crippen LogP contribution in [0, 0.1) is 36.7 Å². The lowest BCUT2D eigenvalue weighted by atomic mass is 10.2. The molecule has 0 aliphatic rings. The van der Waals surface area contributed by atoms with Crippen LogP contribution in [0.1, 0.15) is 17.0 Å². The number of aromatic nitrogens is 2. The Balaban J connectivity index is 2.63. The number of nitro benzene ring substituents is 1. The molecular formula is C12H12FN3O2. The smallest absolute Gasteiger partial charge is 0.258 e. The monoisotopic (exact) mass is 249 g/mol. The molecule has 0 fully saturated rings. The van der Waals surface area contributed by atoms with E-state index < -0.39 is 10.7 Å². The van der Waals surface area contributed by atoms with E-state index >= 15 is 0 Å². The molecule has 0 aliphatic carbocycles. The van der Waals surface area contributed by atoms with Crippen molar-refractivity contribution in [3.63, 3.8) is 0 Å². The van der Waals surface area contributed by atoms with Gasteiger partial charge in [0.2, 0.25) is 0 Å². The van der Waals surface area contributed by atoms with Crippen molar-refractivity contribution in [2.75, 3.05) is 0 Å². The number of rotatable bonds is 2. The summed E-state index contributed by atoms with van der Waals surface area (Å²) >= 11 is 0. The fourth-order valence-corrected chi connectivity index (χ4v) is 1.76. The third-order valence-electron chi connectivity index (χ3n) is 2.98. The fourth-order valence-electron chi connectivity index (χ4n) is 1.76. The maximum absolute atomic E-state index is 13.4. The molecule has 1 aromatic heterocycles. The van der Waals surface area contributed by atoms with E-state index in [-0.39, 0.29) is 5.69 Å². The highest BCUT2D eigenvalue weighted by Crippen LogP contribution is 2.22. The summed E-state index contributed by atoms with van der Waals surface area (Å²) in [6.45, 7) is 5.58. The first kappa shape index (κ1) is 12.2. The van der Waals surface area contributed by atoms with Gasteiger partial charge in [0.05, 0.1) is 22.4 Å². The molecule has 0 atom stereocenters. The Morgan fingerprint density at radius 3 is 2.44 bits per heavy atom. The van der Waals surface area contributed by atoms with Gasteiger partial charge < -0.3 is 0 Å². The van der Waals surface area contributed by atoms with Gasteiger partial charge in [-0.3, -0.25) is 10.1 Å². The van der Waals surface area contributed by atoms with Crippen molar-refractivity contribution in [3.05, 3.63) is 51.1 Å². The third-order valence-corrected chi connectivity index (χ3v) is 2.98. The normalized spacial score (nSPS) is 10.7. The molecule has 5 nitrogen and oxygen atoms in total. The summed E-state index contributed by atoms with van der Waals surface area (Å²) in [5.41, 5.74) is 2.72. The number of aryl methyl sites for hydroxylation is 1. The molecule has 18 heavy (non-hydrogen) atoms. The van der Waals surface area contributed by atoms with Gasteiger partial charge in [0.15, 0.2) is 0 Å². The number of nitro groups is 1. The summed E-state index contributed by atoms with van der Waals surface area (Å²) < 4.78 is 14.9. The maximum atomic E-state index is 13.4. The highest BCUT2D eigenvalue weighted by atomic mass is 19.1. The van der Waals surface area contributed by atoms with Gasteiger partial charge in [-0.15, -0.1) is 0 Å². The molecule has 0 unspecified atom stereocenters. The Hall–Kier alpha value is -2.24. The molecular weight excluding hydrogens is 237 g/mol. The van der Waals surface area contributed by atoms with Crippen molar-refractivity contribution in [2.45, 2.75) is 20.8 Å². The zero-order valence-corrected chi connectivity index (χ0v) is 10.3. The number of hydrogen-bond acceptors (Lipinski definition) is 3. The highest BCUT2D eigenvalue weighted by molar-refractivity contribution is 5.45. The van der Waals surface area contributed by atoms with Gasteiger partial charge in [-0.25, -0.2) is 9.07 Å². The lowest BCUT2D eigenvalue weighted by molar-refractivity contribution is -0.385. The maximum Gasteiger partial charge on any atom is 0.274 e. The highest BCUT2D eigenvalue weighted by Gasteiger charge is 2.14. The number of non-ortho nitro benzene ring substituents is 1. The van der Waals surface area contributed by atoms with Crippen LogP contribution in [0.5, 0.6) is 0 Å². The topological polar surface area (TPSA) is 61.0 Å². The first-order valence-electron chi connectivity index (χ1n) is 5.38. The average Bonchev–Trinajstić information content (AvgIpc) is 2.56. The van der Waals surface area contributed by atoms with Crippen LogP contribution in [0.15, 0.2) is 18.2 Å². The Morgan fingerprint density at radius 2 is 1.94 bits per heavy atom. The fraction of sp³-hybridized carbons (Fsp3) is 0.250. The van der Waals surface area contributed by atoms with Gasteiger partial charge >= 0.3 is 0 Å². The van der Waals surface area contributed by atoms with Gasteiger partial charge in [-0.05, 0) is 26.3 Å². The van der Waals surface area contributed by atoms with E-state index in [1.165, 1.54) is 16.8 Å². The summed E-state index contributed by atoms with van der Waals surface area (Å²) in [5.74, 6) is -0.649. The van der Waals surface area contributed by atoms with E-state index in [4.69, 9.17) is 0 Å². The van der Waals surface area contributed by atoms with Crippen LogP contribution in [-0.2, 0) is 0 Å². The Bertz CT molecular complexity index is 634. The Kier molecular flexibility index (Phi) is 2.86. The van der Waals surface area contributed by atoms with Crippen molar-refractivity contribution in [1.82, 2.24) is 9.78 Å². The second kappa shape index (κ2) is 4.21. The summed E-state index contributed by atoms with van der Waals surface area (Å²) in [6, 6.07) is 3.43. The van der Waals surface area contributed by atoms with Crippen molar-refractivity contribution >= 4 is 5.69 Å². The van der Waals surface area contributed by atoms with Gasteiger partial charge in [0, 0.05) is 17.8 Å². The SMILES string of the molecule is Cc1nn(-c2cc(F)cc([N+](=O)[O-])c2)c(C)c1C. The van der Waals surface area contributed by atoms with Crippen LogP contribution in [-0.4, -0.2) is 14.7 Å². The van der Waals surface area contributed by atoms with Crippen LogP contribution in [0.3, 0.4) is 0 Å². The second-order valence-electron chi connectivity index (χ2n) is 4.13. The van der Waals surface area contributed by atoms with Gasteiger partial charge in [0.25, 0.3) is 5.69 Å². The van der Waals surface area contributed by atoms with Gasteiger partial charge in [-0.1, -0.05) is 0 Å². The lowest BCUT2D eigenvalue weighted by Gasteiger charge is -2.04. The molecule has 0 spiro atoms. The average molecular weight is 249 g/mol. The largest absolute Gasteiger partial charge is 0.274 e. The first-order valence-corrected chi connectivity index (χ1v) is 5.38. The first-order chi connectivity index (χ1) is 8.40. The molecule has 0 amide bonds. The summed E-state index contributed by atoms with van der Waals surface area (Å²) in [5, 5.41) is 15.0. The van der Waals surface area contributed by atoms with E-state index in [1.807, 2.05) is 20.8 Å². The summed E-state index contributed by atoms with van der Waals surface area (Å²) in [4.78, 5) is 10.1. The Labute approximate surface area is 103 Å². The van der Waals surface area contributed by atoms with Crippen LogP contribution < -0.4 is 0 Å².